The molecular weight excluding hydrogens is 192 g/mol. The van der Waals surface area contributed by atoms with Gasteiger partial charge in [-0.25, -0.2) is 0 Å². The number of aromatic nitrogens is 2. The molecule has 4 nitrogen and oxygen atoms in total. The smallest absolute Gasteiger partial charge is 0.157 e. The maximum Gasteiger partial charge on any atom is 0.157 e. The Morgan fingerprint density at radius 2 is 2.20 bits per heavy atom. The summed E-state index contributed by atoms with van der Waals surface area (Å²) in [7, 11) is 1.83. The SMILES string of the molecule is Cn1cc(OCc2ccccc2O)cn1. The fourth-order valence-corrected chi connectivity index (χ4v) is 1.27. The zero-order valence-electron chi connectivity index (χ0n) is 8.42. The average molecular weight is 204 g/mol. The highest BCUT2D eigenvalue weighted by atomic mass is 16.5. The molecular formula is C11H12N2O2. The number of nitrogens with zero attached hydrogens (tertiary/aromatic N) is 2. The van der Waals surface area contributed by atoms with Gasteiger partial charge in [-0.2, -0.15) is 5.10 Å². The van der Waals surface area contributed by atoms with E-state index in [1.807, 2.05) is 19.2 Å². The van der Waals surface area contributed by atoms with Gasteiger partial charge >= 0.3 is 0 Å². The summed E-state index contributed by atoms with van der Waals surface area (Å²) in [4.78, 5) is 0. The Morgan fingerprint density at radius 3 is 2.87 bits per heavy atom. The summed E-state index contributed by atoms with van der Waals surface area (Å²) in [5, 5.41) is 13.5. The highest BCUT2D eigenvalue weighted by Gasteiger charge is 2.01. The third kappa shape index (κ3) is 2.28. The number of hydrogen-bond donors (Lipinski definition) is 1. The molecule has 0 bridgehead atoms. The van der Waals surface area contributed by atoms with E-state index in [4.69, 9.17) is 4.74 Å². The van der Waals surface area contributed by atoms with Crippen LogP contribution in [0.1, 0.15) is 5.56 Å². The van der Waals surface area contributed by atoms with E-state index in [-0.39, 0.29) is 5.75 Å². The van der Waals surface area contributed by atoms with Crippen LogP contribution < -0.4 is 4.74 Å². The van der Waals surface area contributed by atoms with Crippen LogP contribution in [0.2, 0.25) is 0 Å². The van der Waals surface area contributed by atoms with Gasteiger partial charge in [0, 0.05) is 12.6 Å². The third-order valence-corrected chi connectivity index (χ3v) is 2.07. The van der Waals surface area contributed by atoms with Gasteiger partial charge in [0.05, 0.1) is 12.4 Å². The summed E-state index contributed by atoms with van der Waals surface area (Å²) >= 11 is 0. The van der Waals surface area contributed by atoms with Gasteiger partial charge in [-0.1, -0.05) is 18.2 Å². The van der Waals surface area contributed by atoms with E-state index in [2.05, 4.69) is 5.10 Å². The van der Waals surface area contributed by atoms with Crippen molar-refractivity contribution in [3.63, 3.8) is 0 Å². The van der Waals surface area contributed by atoms with Crippen molar-refractivity contribution in [2.75, 3.05) is 0 Å². The first-order valence-corrected chi connectivity index (χ1v) is 4.64. The van der Waals surface area contributed by atoms with Crippen molar-refractivity contribution in [1.82, 2.24) is 9.78 Å². The molecule has 78 valence electrons. The largest absolute Gasteiger partial charge is 0.508 e. The minimum atomic E-state index is 0.251. The number of benzene rings is 1. The molecule has 1 N–H and O–H groups in total. The average Bonchev–Trinajstić information content (AvgIpc) is 2.63. The molecule has 0 amide bonds. The number of aromatic hydroxyl groups is 1. The van der Waals surface area contributed by atoms with Crippen LogP contribution in [0.5, 0.6) is 11.5 Å². The normalized spacial score (nSPS) is 10.2. The van der Waals surface area contributed by atoms with Gasteiger partial charge in [-0.15, -0.1) is 0 Å². The standard InChI is InChI=1S/C11H12N2O2/c1-13-7-10(6-12-13)15-8-9-4-2-3-5-11(9)14/h2-7,14H,8H2,1H3. The van der Waals surface area contributed by atoms with E-state index in [9.17, 15) is 5.11 Å². The Morgan fingerprint density at radius 1 is 1.40 bits per heavy atom. The number of aryl methyl sites for hydroxylation is 1. The number of phenolic OH excluding ortho intramolecular Hbond substituents is 1. The van der Waals surface area contributed by atoms with Crippen LogP contribution in [0.4, 0.5) is 0 Å². The summed E-state index contributed by atoms with van der Waals surface area (Å²) in [5.41, 5.74) is 0.765. The molecule has 1 aromatic carbocycles. The molecule has 0 saturated heterocycles. The molecule has 1 aromatic heterocycles. The lowest BCUT2D eigenvalue weighted by Crippen LogP contribution is -1.94. The number of hydrogen-bond acceptors (Lipinski definition) is 3. The van der Waals surface area contributed by atoms with Gasteiger partial charge in [-0.3, -0.25) is 4.68 Å². The molecule has 4 heteroatoms. The van der Waals surface area contributed by atoms with E-state index < -0.39 is 0 Å². The zero-order chi connectivity index (χ0) is 10.7. The van der Waals surface area contributed by atoms with Gasteiger partial charge in [0.1, 0.15) is 12.4 Å². The Hall–Kier alpha value is -1.97. The Labute approximate surface area is 87.7 Å². The number of rotatable bonds is 3. The summed E-state index contributed by atoms with van der Waals surface area (Å²) in [6.45, 7) is 0.346. The van der Waals surface area contributed by atoms with Crippen molar-refractivity contribution < 1.29 is 9.84 Å². The lowest BCUT2D eigenvalue weighted by Gasteiger charge is -2.04. The van der Waals surface area contributed by atoms with Crippen LogP contribution >= 0.6 is 0 Å². The Balaban J connectivity index is 2.02. The molecule has 0 aliphatic rings. The Bertz CT molecular complexity index is 451. The van der Waals surface area contributed by atoms with E-state index in [0.717, 1.165) is 5.56 Å². The van der Waals surface area contributed by atoms with Crippen molar-refractivity contribution >= 4 is 0 Å². The van der Waals surface area contributed by atoms with E-state index >= 15 is 0 Å². The van der Waals surface area contributed by atoms with Gasteiger partial charge < -0.3 is 9.84 Å². The molecule has 2 aromatic rings. The number of ether oxygens (including phenoxy) is 1. The predicted octanol–water partition coefficient (Wildman–Crippen LogP) is 1.70. The lowest BCUT2D eigenvalue weighted by molar-refractivity contribution is 0.299. The van der Waals surface area contributed by atoms with Crippen LogP contribution in [0.25, 0.3) is 0 Å². The van der Waals surface area contributed by atoms with Gasteiger partial charge in [-0.05, 0) is 6.07 Å². The van der Waals surface area contributed by atoms with E-state index in [1.165, 1.54) is 0 Å². The number of phenols is 1. The molecule has 0 spiro atoms. The fourth-order valence-electron chi connectivity index (χ4n) is 1.27. The van der Waals surface area contributed by atoms with Crippen molar-refractivity contribution in [1.29, 1.82) is 0 Å². The summed E-state index contributed by atoms with van der Waals surface area (Å²) in [6.07, 6.45) is 3.42. The second kappa shape index (κ2) is 4.04. The molecule has 0 atom stereocenters. The zero-order valence-corrected chi connectivity index (χ0v) is 8.42. The molecule has 0 unspecified atom stereocenters. The van der Waals surface area contributed by atoms with Crippen LogP contribution in [-0.4, -0.2) is 14.9 Å². The van der Waals surface area contributed by atoms with Crippen LogP contribution in [0, 0.1) is 0 Å². The first-order chi connectivity index (χ1) is 7.25. The molecule has 0 radical (unpaired) electrons. The van der Waals surface area contributed by atoms with Crippen LogP contribution in [0.3, 0.4) is 0 Å². The maximum atomic E-state index is 9.49. The fraction of sp³-hybridized carbons (Fsp3) is 0.182. The minimum absolute atomic E-state index is 0.251. The van der Waals surface area contributed by atoms with E-state index in [0.29, 0.717) is 12.4 Å². The monoisotopic (exact) mass is 204 g/mol. The predicted molar refractivity (Wildman–Crippen MR) is 55.6 cm³/mol. The van der Waals surface area contributed by atoms with Crippen LogP contribution in [-0.2, 0) is 13.7 Å². The molecule has 0 aliphatic carbocycles. The minimum Gasteiger partial charge on any atom is -0.508 e. The second-order valence-corrected chi connectivity index (χ2v) is 3.27. The lowest BCUT2D eigenvalue weighted by atomic mass is 10.2. The summed E-state index contributed by atoms with van der Waals surface area (Å²) in [5.74, 6) is 0.946. The maximum absolute atomic E-state index is 9.49. The van der Waals surface area contributed by atoms with Crippen molar-refractivity contribution in [2.45, 2.75) is 6.61 Å². The molecule has 0 aliphatic heterocycles. The van der Waals surface area contributed by atoms with Gasteiger partial charge in [0.15, 0.2) is 5.75 Å². The summed E-state index contributed by atoms with van der Waals surface area (Å²) < 4.78 is 7.12. The topological polar surface area (TPSA) is 47.3 Å². The molecule has 0 fully saturated rings. The molecule has 0 saturated carbocycles. The second-order valence-electron chi connectivity index (χ2n) is 3.27. The highest BCUT2D eigenvalue weighted by Crippen LogP contribution is 2.18. The van der Waals surface area contributed by atoms with Crippen molar-refractivity contribution in [3.8, 4) is 11.5 Å². The molecule has 2 rings (SSSR count). The van der Waals surface area contributed by atoms with Gasteiger partial charge in [0.2, 0.25) is 0 Å². The molecule has 15 heavy (non-hydrogen) atoms. The summed E-state index contributed by atoms with van der Waals surface area (Å²) in [6, 6.07) is 7.11. The molecule has 1 heterocycles. The number of para-hydroxylation sites is 1. The highest BCUT2D eigenvalue weighted by molar-refractivity contribution is 5.31. The third-order valence-electron chi connectivity index (χ3n) is 2.07. The van der Waals surface area contributed by atoms with Crippen molar-refractivity contribution in [3.05, 3.63) is 42.2 Å². The van der Waals surface area contributed by atoms with Crippen molar-refractivity contribution in [2.24, 2.45) is 7.05 Å². The first kappa shape index (κ1) is 9.58. The first-order valence-electron chi connectivity index (χ1n) is 4.64. The van der Waals surface area contributed by atoms with E-state index in [1.54, 1.807) is 29.2 Å². The quantitative estimate of drug-likeness (QED) is 0.827. The van der Waals surface area contributed by atoms with Gasteiger partial charge in [0.25, 0.3) is 0 Å². The Kier molecular flexibility index (Phi) is 2.58. The van der Waals surface area contributed by atoms with Crippen LogP contribution in [0.15, 0.2) is 36.7 Å².